The fraction of sp³-hybridized carbons (Fsp3) is 0.462. The van der Waals surface area contributed by atoms with Crippen molar-refractivity contribution in [3.05, 3.63) is 24.3 Å². The van der Waals surface area contributed by atoms with Crippen LogP contribution >= 0.6 is 0 Å². The molecule has 0 saturated carbocycles. The SMILES string of the molecule is CCOc1ccc(N(C(=O)CO)C(C)C)cc1. The van der Waals surface area contributed by atoms with Crippen molar-refractivity contribution in [2.45, 2.75) is 26.8 Å². The maximum atomic E-state index is 11.6. The molecule has 4 heteroatoms. The van der Waals surface area contributed by atoms with Crippen LogP contribution < -0.4 is 9.64 Å². The first-order valence-corrected chi connectivity index (χ1v) is 5.76. The number of rotatable bonds is 5. The Hall–Kier alpha value is -1.55. The van der Waals surface area contributed by atoms with E-state index in [-0.39, 0.29) is 11.9 Å². The zero-order valence-electron chi connectivity index (χ0n) is 10.5. The highest BCUT2D eigenvalue weighted by molar-refractivity contribution is 5.94. The van der Waals surface area contributed by atoms with E-state index in [2.05, 4.69) is 0 Å². The standard InChI is InChI=1S/C13H19NO3/c1-4-17-12-7-5-11(6-8-12)14(10(2)3)13(16)9-15/h5-8,10,15H,4,9H2,1-3H3. The Kier molecular flexibility index (Phi) is 4.97. The summed E-state index contributed by atoms with van der Waals surface area (Å²) in [5, 5.41) is 8.94. The monoisotopic (exact) mass is 237 g/mol. The lowest BCUT2D eigenvalue weighted by Gasteiger charge is -2.26. The predicted octanol–water partition coefficient (Wildman–Crippen LogP) is 1.82. The molecule has 0 aliphatic carbocycles. The maximum absolute atomic E-state index is 11.6. The van der Waals surface area contributed by atoms with Gasteiger partial charge in [-0.3, -0.25) is 4.79 Å². The van der Waals surface area contributed by atoms with Crippen molar-refractivity contribution in [2.24, 2.45) is 0 Å². The third-order valence-corrected chi connectivity index (χ3v) is 2.35. The van der Waals surface area contributed by atoms with Crippen molar-refractivity contribution in [1.29, 1.82) is 0 Å². The summed E-state index contributed by atoms with van der Waals surface area (Å²) in [5.41, 5.74) is 0.766. The minimum absolute atomic E-state index is 0.00703. The fourth-order valence-corrected chi connectivity index (χ4v) is 1.68. The zero-order valence-corrected chi connectivity index (χ0v) is 10.5. The predicted molar refractivity (Wildman–Crippen MR) is 67.3 cm³/mol. The zero-order chi connectivity index (χ0) is 12.8. The minimum atomic E-state index is -0.481. The Labute approximate surface area is 102 Å². The molecule has 0 aromatic heterocycles. The lowest BCUT2D eigenvalue weighted by molar-refractivity contribution is -0.121. The summed E-state index contributed by atoms with van der Waals surface area (Å²) in [6, 6.07) is 7.28. The molecule has 0 atom stereocenters. The molecule has 17 heavy (non-hydrogen) atoms. The van der Waals surface area contributed by atoms with Gasteiger partial charge in [-0.25, -0.2) is 0 Å². The van der Waals surface area contributed by atoms with Gasteiger partial charge in [-0.2, -0.15) is 0 Å². The first-order valence-electron chi connectivity index (χ1n) is 5.76. The molecule has 0 spiro atoms. The number of nitrogens with zero attached hydrogens (tertiary/aromatic N) is 1. The highest BCUT2D eigenvalue weighted by atomic mass is 16.5. The molecule has 0 heterocycles. The number of hydrogen-bond acceptors (Lipinski definition) is 3. The van der Waals surface area contributed by atoms with Gasteiger partial charge >= 0.3 is 0 Å². The Bertz CT molecular complexity index is 359. The Morgan fingerprint density at radius 3 is 2.35 bits per heavy atom. The Morgan fingerprint density at radius 2 is 1.94 bits per heavy atom. The number of aliphatic hydroxyl groups excluding tert-OH is 1. The summed E-state index contributed by atoms with van der Waals surface area (Å²) in [4.78, 5) is 13.2. The maximum Gasteiger partial charge on any atom is 0.252 e. The van der Waals surface area contributed by atoms with Crippen LogP contribution in [0.4, 0.5) is 5.69 Å². The van der Waals surface area contributed by atoms with E-state index in [9.17, 15) is 4.79 Å². The summed E-state index contributed by atoms with van der Waals surface area (Å²) < 4.78 is 5.34. The first kappa shape index (κ1) is 13.5. The largest absolute Gasteiger partial charge is 0.494 e. The molecule has 1 aromatic rings. The molecule has 0 aliphatic rings. The summed E-state index contributed by atoms with van der Waals surface area (Å²) in [6.45, 7) is 5.87. The second-order valence-corrected chi connectivity index (χ2v) is 3.94. The second-order valence-electron chi connectivity index (χ2n) is 3.94. The minimum Gasteiger partial charge on any atom is -0.494 e. The van der Waals surface area contributed by atoms with E-state index in [4.69, 9.17) is 9.84 Å². The summed E-state index contributed by atoms with van der Waals surface area (Å²) >= 11 is 0. The molecule has 4 nitrogen and oxygen atoms in total. The molecule has 0 saturated heterocycles. The number of aliphatic hydroxyl groups is 1. The van der Waals surface area contributed by atoms with E-state index in [0.29, 0.717) is 6.61 Å². The number of carbonyl (C=O) groups excluding carboxylic acids is 1. The average Bonchev–Trinajstić information content (AvgIpc) is 2.31. The molecule has 94 valence electrons. The molecule has 1 amide bonds. The van der Waals surface area contributed by atoms with Gasteiger partial charge in [0.1, 0.15) is 12.4 Å². The second kappa shape index (κ2) is 6.25. The smallest absolute Gasteiger partial charge is 0.252 e. The van der Waals surface area contributed by atoms with Crippen LogP contribution in [0.5, 0.6) is 5.75 Å². The van der Waals surface area contributed by atoms with Gasteiger partial charge in [0.2, 0.25) is 0 Å². The van der Waals surface area contributed by atoms with E-state index in [1.807, 2.05) is 45.0 Å². The third-order valence-electron chi connectivity index (χ3n) is 2.35. The number of benzene rings is 1. The van der Waals surface area contributed by atoms with Crippen LogP contribution in [0.25, 0.3) is 0 Å². The molecule has 0 radical (unpaired) electrons. The van der Waals surface area contributed by atoms with Crippen LogP contribution in [-0.2, 0) is 4.79 Å². The van der Waals surface area contributed by atoms with Gasteiger partial charge in [0.05, 0.1) is 6.61 Å². The van der Waals surface area contributed by atoms with Crippen LogP contribution in [0, 0.1) is 0 Å². The molecular formula is C13H19NO3. The van der Waals surface area contributed by atoms with Crippen LogP contribution in [0.3, 0.4) is 0 Å². The summed E-state index contributed by atoms with van der Waals surface area (Å²) in [6.07, 6.45) is 0. The average molecular weight is 237 g/mol. The number of anilines is 1. The van der Waals surface area contributed by atoms with E-state index in [1.54, 1.807) is 4.90 Å². The van der Waals surface area contributed by atoms with Crippen molar-refractivity contribution < 1.29 is 14.6 Å². The van der Waals surface area contributed by atoms with Gasteiger partial charge in [-0.1, -0.05) is 0 Å². The van der Waals surface area contributed by atoms with Gasteiger partial charge in [-0.15, -0.1) is 0 Å². The van der Waals surface area contributed by atoms with Gasteiger partial charge in [0.25, 0.3) is 5.91 Å². The molecule has 1 N–H and O–H groups in total. The highest BCUT2D eigenvalue weighted by Gasteiger charge is 2.17. The van der Waals surface area contributed by atoms with Crippen molar-refractivity contribution in [1.82, 2.24) is 0 Å². The molecule has 0 aliphatic heterocycles. The molecule has 1 aromatic carbocycles. The van der Waals surface area contributed by atoms with Crippen LogP contribution in [0.2, 0.25) is 0 Å². The van der Waals surface area contributed by atoms with Crippen LogP contribution in [0.1, 0.15) is 20.8 Å². The van der Waals surface area contributed by atoms with Gasteiger partial charge in [0.15, 0.2) is 0 Å². The lowest BCUT2D eigenvalue weighted by Crippen LogP contribution is -2.38. The van der Waals surface area contributed by atoms with Crippen LogP contribution in [-0.4, -0.2) is 30.3 Å². The van der Waals surface area contributed by atoms with Gasteiger partial charge in [-0.05, 0) is 45.0 Å². The summed E-state index contributed by atoms with van der Waals surface area (Å²) in [5.74, 6) is 0.473. The number of amides is 1. The van der Waals surface area contributed by atoms with E-state index in [1.165, 1.54) is 0 Å². The topological polar surface area (TPSA) is 49.8 Å². The molecule has 1 rings (SSSR count). The van der Waals surface area contributed by atoms with Gasteiger partial charge < -0.3 is 14.7 Å². The van der Waals surface area contributed by atoms with E-state index in [0.717, 1.165) is 11.4 Å². The first-order chi connectivity index (χ1) is 8.10. The third kappa shape index (κ3) is 3.46. The molecule has 0 unspecified atom stereocenters. The Morgan fingerprint density at radius 1 is 1.35 bits per heavy atom. The molecular weight excluding hydrogens is 218 g/mol. The lowest BCUT2D eigenvalue weighted by atomic mass is 10.2. The van der Waals surface area contributed by atoms with E-state index >= 15 is 0 Å². The van der Waals surface area contributed by atoms with Crippen molar-refractivity contribution in [3.63, 3.8) is 0 Å². The number of carbonyl (C=O) groups is 1. The normalized spacial score (nSPS) is 10.4. The quantitative estimate of drug-likeness (QED) is 0.849. The van der Waals surface area contributed by atoms with Crippen molar-refractivity contribution >= 4 is 11.6 Å². The van der Waals surface area contributed by atoms with E-state index < -0.39 is 6.61 Å². The van der Waals surface area contributed by atoms with Crippen molar-refractivity contribution in [2.75, 3.05) is 18.1 Å². The number of hydrogen-bond donors (Lipinski definition) is 1. The van der Waals surface area contributed by atoms with Crippen molar-refractivity contribution in [3.8, 4) is 5.75 Å². The fourth-order valence-electron chi connectivity index (χ4n) is 1.68. The highest BCUT2D eigenvalue weighted by Crippen LogP contribution is 2.21. The number of ether oxygens (including phenoxy) is 1. The molecule has 0 bridgehead atoms. The van der Waals surface area contributed by atoms with Gasteiger partial charge in [0, 0.05) is 11.7 Å². The summed E-state index contributed by atoms with van der Waals surface area (Å²) in [7, 11) is 0. The molecule has 0 fully saturated rings. The Balaban J connectivity index is 2.91. The van der Waals surface area contributed by atoms with Crippen LogP contribution in [0.15, 0.2) is 24.3 Å².